The summed E-state index contributed by atoms with van der Waals surface area (Å²) in [5.41, 5.74) is 1.95. The van der Waals surface area contributed by atoms with Gasteiger partial charge in [0.2, 0.25) is 0 Å². The third kappa shape index (κ3) is 3.99. The zero-order valence-electron chi connectivity index (χ0n) is 14.3. The molecule has 130 valence electrons. The second-order valence-corrected chi connectivity index (χ2v) is 6.07. The minimum atomic E-state index is -0.207. The number of hydrogen-bond donors (Lipinski definition) is 1. The van der Waals surface area contributed by atoms with Crippen molar-refractivity contribution in [3.05, 3.63) is 65.2 Å². The number of amides is 2. The summed E-state index contributed by atoms with van der Waals surface area (Å²) in [4.78, 5) is 26.7. The van der Waals surface area contributed by atoms with Crippen LogP contribution in [0.25, 0.3) is 0 Å². The smallest absolute Gasteiger partial charge is 0.253 e. The van der Waals surface area contributed by atoms with Gasteiger partial charge in [-0.15, -0.1) is 0 Å². The Morgan fingerprint density at radius 3 is 2.52 bits per heavy atom. The maximum atomic E-state index is 12.5. The van der Waals surface area contributed by atoms with Gasteiger partial charge in [0, 0.05) is 36.3 Å². The average molecular weight is 338 g/mol. The Bertz CT molecular complexity index is 767. The van der Waals surface area contributed by atoms with Gasteiger partial charge in [0.05, 0.1) is 7.11 Å². The van der Waals surface area contributed by atoms with Crippen LogP contribution in [0.3, 0.4) is 0 Å². The van der Waals surface area contributed by atoms with Gasteiger partial charge in [-0.2, -0.15) is 0 Å². The monoisotopic (exact) mass is 338 g/mol. The topological polar surface area (TPSA) is 58.6 Å². The molecule has 0 aliphatic carbocycles. The van der Waals surface area contributed by atoms with Crippen LogP contribution in [0.2, 0.25) is 0 Å². The van der Waals surface area contributed by atoms with Crippen molar-refractivity contribution in [2.24, 2.45) is 0 Å². The molecule has 5 nitrogen and oxygen atoms in total. The summed E-state index contributed by atoms with van der Waals surface area (Å²) in [7, 11) is 1.61. The molecule has 1 N–H and O–H groups in total. The molecule has 0 spiro atoms. The molecule has 0 atom stereocenters. The number of methoxy groups -OCH3 is 1. The number of hydrogen-bond acceptors (Lipinski definition) is 3. The Morgan fingerprint density at radius 2 is 1.76 bits per heavy atom. The molecule has 0 saturated carbocycles. The molecule has 0 unspecified atom stereocenters. The molecule has 0 aromatic heterocycles. The van der Waals surface area contributed by atoms with E-state index in [1.807, 2.05) is 29.2 Å². The molecular formula is C20H22N2O3. The third-order valence-electron chi connectivity index (χ3n) is 4.40. The molecule has 1 aliphatic rings. The number of nitrogens with one attached hydrogen (secondary N) is 1. The van der Waals surface area contributed by atoms with Crippen LogP contribution >= 0.6 is 0 Å². The van der Waals surface area contributed by atoms with Gasteiger partial charge in [-0.05, 0) is 37.1 Å². The Kier molecular flexibility index (Phi) is 5.33. The van der Waals surface area contributed by atoms with Gasteiger partial charge in [-0.1, -0.05) is 24.3 Å². The minimum Gasteiger partial charge on any atom is -0.496 e. The van der Waals surface area contributed by atoms with Crippen molar-refractivity contribution in [2.75, 3.05) is 20.2 Å². The summed E-state index contributed by atoms with van der Waals surface area (Å²) in [6.45, 7) is 1.96. The van der Waals surface area contributed by atoms with E-state index in [1.165, 1.54) is 0 Å². The van der Waals surface area contributed by atoms with Crippen LogP contribution in [0.15, 0.2) is 48.5 Å². The lowest BCUT2D eigenvalue weighted by atomic mass is 10.1. The van der Waals surface area contributed by atoms with Gasteiger partial charge in [0.25, 0.3) is 11.8 Å². The van der Waals surface area contributed by atoms with E-state index in [2.05, 4.69) is 5.32 Å². The zero-order valence-corrected chi connectivity index (χ0v) is 14.3. The molecule has 25 heavy (non-hydrogen) atoms. The highest BCUT2D eigenvalue weighted by Gasteiger charge is 2.20. The predicted octanol–water partition coefficient (Wildman–Crippen LogP) is 2.86. The van der Waals surface area contributed by atoms with Gasteiger partial charge in [0.15, 0.2) is 0 Å². The summed E-state index contributed by atoms with van der Waals surface area (Å²) < 4.78 is 5.29. The first-order valence-corrected chi connectivity index (χ1v) is 8.48. The predicted molar refractivity (Wildman–Crippen MR) is 95.7 cm³/mol. The summed E-state index contributed by atoms with van der Waals surface area (Å²) in [5, 5.41) is 2.88. The Labute approximate surface area is 147 Å². The van der Waals surface area contributed by atoms with Crippen LogP contribution in [-0.4, -0.2) is 36.9 Å². The quantitative estimate of drug-likeness (QED) is 0.912. The van der Waals surface area contributed by atoms with E-state index < -0.39 is 0 Å². The van der Waals surface area contributed by atoms with E-state index in [1.54, 1.807) is 31.4 Å². The van der Waals surface area contributed by atoms with Crippen LogP contribution in [0.1, 0.15) is 39.1 Å². The maximum Gasteiger partial charge on any atom is 0.253 e. The normalized spacial score (nSPS) is 13.6. The van der Waals surface area contributed by atoms with E-state index in [0.717, 1.165) is 37.2 Å². The highest BCUT2D eigenvalue weighted by Crippen LogP contribution is 2.17. The fourth-order valence-corrected chi connectivity index (χ4v) is 3.02. The minimum absolute atomic E-state index is 0.00289. The molecule has 1 fully saturated rings. The number of nitrogens with zero attached hydrogens (tertiary/aromatic N) is 1. The lowest BCUT2D eigenvalue weighted by Gasteiger charge is -2.15. The van der Waals surface area contributed by atoms with Gasteiger partial charge < -0.3 is 15.0 Å². The van der Waals surface area contributed by atoms with Crippen molar-refractivity contribution < 1.29 is 14.3 Å². The van der Waals surface area contributed by atoms with Crippen molar-refractivity contribution >= 4 is 11.8 Å². The maximum absolute atomic E-state index is 12.5. The molecule has 0 radical (unpaired) electrons. The number of carbonyl (C=O) groups is 2. The Morgan fingerprint density at radius 1 is 1.04 bits per heavy atom. The molecule has 1 aliphatic heterocycles. The molecule has 1 saturated heterocycles. The van der Waals surface area contributed by atoms with Crippen LogP contribution in [0.4, 0.5) is 0 Å². The van der Waals surface area contributed by atoms with Crippen LogP contribution in [0.5, 0.6) is 5.75 Å². The third-order valence-corrected chi connectivity index (χ3v) is 4.40. The van der Waals surface area contributed by atoms with Crippen LogP contribution in [-0.2, 0) is 6.54 Å². The first-order chi connectivity index (χ1) is 12.2. The van der Waals surface area contributed by atoms with Crippen molar-refractivity contribution in [1.82, 2.24) is 10.2 Å². The lowest BCUT2D eigenvalue weighted by molar-refractivity contribution is 0.0793. The van der Waals surface area contributed by atoms with E-state index in [0.29, 0.717) is 17.7 Å². The standard InChI is InChI=1S/C20H22N2O3/c1-25-18-10-3-2-7-17(18)14-21-19(23)15-8-6-9-16(13-15)20(24)22-11-4-5-12-22/h2-3,6-10,13H,4-5,11-12,14H2,1H3,(H,21,23). The second kappa shape index (κ2) is 7.83. The Balaban J connectivity index is 1.68. The van der Waals surface area contributed by atoms with Gasteiger partial charge in [-0.25, -0.2) is 0 Å². The molecule has 2 amide bonds. The van der Waals surface area contributed by atoms with Gasteiger partial charge >= 0.3 is 0 Å². The largest absolute Gasteiger partial charge is 0.496 e. The second-order valence-electron chi connectivity index (χ2n) is 6.07. The Hall–Kier alpha value is -2.82. The van der Waals surface area contributed by atoms with Crippen molar-refractivity contribution in [3.8, 4) is 5.75 Å². The summed E-state index contributed by atoms with van der Waals surface area (Å²) in [5.74, 6) is 0.527. The first kappa shape index (κ1) is 17.0. The fourth-order valence-electron chi connectivity index (χ4n) is 3.02. The van der Waals surface area contributed by atoms with Gasteiger partial charge in [0.1, 0.15) is 5.75 Å². The average Bonchev–Trinajstić information content (AvgIpc) is 3.20. The number of carbonyl (C=O) groups excluding carboxylic acids is 2. The highest BCUT2D eigenvalue weighted by molar-refractivity contribution is 5.99. The number of rotatable bonds is 5. The van der Waals surface area contributed by atoms with Gasteiger partial charge in [-0.3, -0.25) is 9.59 Å². The molecular weight excluding hydrogens is 316 g/mol. The highest BCUT2D eigenvalue weighted by atomic mass is 16.5. The molecule has 0 bridgehead atoms. The van der Waals surface area contributed by atoms with Crippen molar-refractivity contribution in [2.45, 2.75) is 19.4 Å². The van der Waals surface area contributed by atoms with Crippen LogP contribution < -0.4 is 10.1 Å². The van der Waals surface area contributed by atoms with Crippen LogP contribution in [0, 0.1) is 0 Å². The number of para-hydroxylation sites is 1. The van der Waals surface area contributed by atoms with E-state index in [9.17, 15) is 9.59 Å². The number of ether oxygens (including phenoxy) is 1. The summed E-state index contributed by atoms with van der Waals surface area (Å²) in [6.07, 6.45) is 2.09. The van der Waals surface area contributed by atoms with E-state index in [-0.39, 0.29) is 11.8 Å². The summed E-state index contributed by atoms with van der Waals surface area (Å²) >= 11 is 0. The zero-order chi connectivity index (χ0) is 17.6. The van der Waals surface area contributed by atoms with Crippen molar-refractivity contribution in [1.29, 1.82) is 0 Å². The molecule has 5 heteroatoms. The number of likely N-dealkylation sites (tertiary alicyclic amines) is 1. The van der Waals surface area contributed by atoms with Crippen molar-refractivity contribution in [3.63, 3.8) is 0 Å². The molecule has 2 aromatic rings. The molecule has 1 heterocycles. The molecule has 3 rings (SSSR count). The summed E-state index contributed by atoms with van der Waals surface area (Å²) in [6, 6.07) is 14.5. The fraction of sp³-hybridized carbons (Fsp3) is 0.300. The van der Waals surface area contributed by atoms with E-state index in [4.69, 9.17) is 4.74 Å². The first-order valence-electron chi connectivity index (χ1n) is 8.48. The molecule has 2 aromatic carbocycles. The van der Waals surface area contributed by atoms with E-state index >= 15 is 0 Å². The lowest BCUT2D eigenvalue weighted by Crippen LogP contribution is -2.28. The number of benzene rings is 2. The SMILES string of the molecule is COc1ccccc1CNC(=O)c1cccc(C(=O)N2CCCC2)c1.